The van der Waals surface area contributed by atoms with Crippen molar-refractivity contribution >= 4 is 0 Å². The second-order valence-corrected chi connectivity index (χ2v) is 4.68. The van der Waals surface area contributed by atoms with E-state index in [0.717, 1.165) is 31.0 Å². The highest BCUT2D eigenvalue weighted by molar-refractivity contribution is 5.32. The van der Waals surface area contributed by atoms with Gasteiger partial charge in [0.25, 0.3) is 0 Å². The maximum absolute atomic E-state index is 5.76. The fourth-order valence-electron chi connectivity index (χ4n) is 2.17. The highest BCUT2D eigenvalue weighted by Gasteiger charge is 2.16. The highest BCUT2D eigenvalue weighted by atomic mass is 16.5. The van der Waals surface area contributed by atoms with Gasteiger partial charge in [0.1, 0.15) is 11.6 Å². The van der Waals surface area contributed by atoms with Crippen LogP contribution in [-0.2, 0) is 4.74 Å². The van der Waals surface area contributed by atoms with Gasteiger partial charge in [-0.25, -0.2) is 4.98 Å². The molecule has 1 fully saturated rings. The molecule has 1 aromatic carbocycles. The summed E-state index contributed by atoms with van der Waals surface area (Å²) in [6, 6.07) is 9.68. The SMILES string of the molecule is Cc1nccc(Oc2cccc([C@@H]3CNCCO3)c2)n1. The largest absolute Gasteiger partial charge is 0.439 e. The molecule has 5 nitrogen and oxygen atoms in total. The van der Waals surface area contributed by atoms with Crippen molar-refractivity contribution in [1.29, 1.82) is 0 Å². The Labute approximate surface area is 118 Å². The van der Waals surface area contributed by atoms with E-state index in [1.165, 1.54) is 0 Å². The average molecular weight is 271 g/mol. The van der Waals surface area contributed by atoms with E-state index in [4.69, 9.17) is 9.47 Å². The zero-order valence-corrected chi connectivity index (χ0v) is 11.4. The van der Waals surface area contributed by atoms with Crippen molar-refractivity contribution < 1.29 is 9.47 Å². The second kappa shape index (κ2) is 5.98. The molecule has 1 atom stereocenters. The molecule has 3 rings (SSSR count). The number of hydrogen-bond donors (Lipinski definition) is 1. The van der Waals surface area contributed by atoms with E-state index in [9.17, 15) is 0 Å². The van der Waals surface area contributed by atoms with Crippen LogP contribution in [0.25, 0.3) is 0 Å². The summed E-state index contributed by atoms with van der Waals surface area (Å²) in [4.78, 5) is 8.29. The lowest BCUT2D eigenvalue weighted by molar-refractivity contribution is 0.0276. The van der Waals surface area contributed by atoms with Crippen molar-refractivity contribution in [1.82, 2.24) is 15.3 Å². The average Bonchev–Trinajstić information content (AvgIpc) is 2.48. The Morgan fingerprint density at radius 3 is 3.10 bits per heavy atom. The predicted molar refractivity (Wildman–Crippen MR) is 74.8 cm³/mol. The fourth-order valence-corrected chi connectivity index (χ4v) is 2.17. The summed E-state index contributed by atoms with van der Waals surface area (Å²) in [5, 5.41) is 3.32. The highest BCUT2D eigenvalue weighted by Crippen LogP contribution is 2.25. The lowest BCUT2D eigenvalue weighted by Gasteiger charge is -2.24. The first-order valence-electron chi connectivity index (χ1n) is 6.71. The third-order valence-corrected chi connectivity index (χ3v) is 3.13. The van der Waals surface area contributed by atoms with Gasteiger partial charge in [-0.3, -0.25) is 0 Å². The summed E-state index contributed by atoms with van der Waals surface area (Å²) in [5.74, 6) is 2.01. The minimum absolute atomic E-state index is 0.0828. The number of aryl methyl sites for hydroxylation is 1. The smallest absolute Gasteiger partial charge is 0.222 e. The van der Waals surface area contributed by atoms with Gasteiger partial charge in [-0.05, 0) is 24.6 Å². The Hall–Kier alpha value is -1.98. The molecule has 1 aromatic heterocycles. The molecule has 2 heterocycles. The van der Waals surface area contributed by atoms with Crippen molar-refractivity contribution in [3.63, 3.8) is 0 Å². The molecule has 1 aliphatic heterocycles. The van der Waals surface area contributed by atoms with Crippen LogP contribution in [0.15, 0.2) is 36.5 Å². The first kappa shape index (κ1) is 13.0. The molecule has 1 saturated heterocycles. The van der Waals surface area contributed by atoms with E-state index in [1.807, 2.05) is 25.1 Å². The van der Waals surface area contributed by atoms with Gasteiger partial charge in [0.05, 0.1) is 12.7 Å². The van der Waals surface area contributed by atoms with E-state index in [2.05, 4.69) is 21.4 Å². The molecule has 1 aliphatic rings. The first-order valence-corrected chi connectivity index (χ1v) is 6.71. The Morgan fingerprint density at radius 1 is 1.35 bits per heavy atom. The third kappa shape index (κ3) is 3.12. The zero-order valence-electron chi connectivity index (χ0n) is 11.4. The summed E-state index contributed by atoms with van der Waals surface area (Å²) in [6.07, 6.45) is 1.77. The van der Waals surface area contributed by atoms with Crippen LogP contribution in [0.3, 0.4) is 0 Å². The summed E-state index contributed by atoms with van der Waals surface area (Å²) in [6.45, 7) is 4.31. The number of aromatic nitrogens is 2. The van der Waals surface area contributed by atoms with Crippen molar-refractivity contribution in [2.24, 2.45) is 0 Å². The van der Waals surface area contributed by atoms with Crippen LogP contribution in [0.4, 0.5) is 0 Å². The van der Waals surface area contributed by atoms with Gasteiger partial charge in [0, 0.05) is 25.4 Å². The summed E-state index contributed by atoms with van der Waals surface area (Å²) in [5.41, 5.74) is 1.11. The minimum atomic E-state index is 0.0828. The van der Waals surface area contributed by atoms with Gasteiger partial charge < -0.3 is 14.8 Å². The summed E-state index contributed by atoms with van der Waals surface area (Å²) < 4.78 is 11.5. The quantitative estimate of drug-likeness (QED) is 0.927. The molecule has 0 aliphatic carbocycles. The molecular weight excluding hydrogens is 254 g/mol. The monoisotopic (exact) mass is 271 g/mol. The van der Waals surface area contributed by atoms with Gasteiger partial charge >= 0.3 is 0 Å². The van der Waals surface area contributed by atoms with Gasteiger partial charge in [0.2, 0.25) is 5.88 Å². The zero-order chi connectivity index (χ0) is 13.8. The van der Waals surface area contributed by atoms with Gasteiger partial charge in [-0.15, -0.1) is 0 Å². The molecule has 20 heavy (non-hydrogen) atoms. The van der Waals surface area contributed by atoms with E-state index in [0.29, 0.717) is 11.7 Å². The molecular formula is C15H17N3O2. The second-order valence-electron chi connectivity index (χ2n) is 4.68. The minimum Gasteiger partial charge on any atom is -0.439 e. The van der Waals surface area contributed by atoms with Gasteiger partial charge in [0.15, 0.2) is 0 Å². The molecule has 104 valence electrons. The predicted octanol–water partition coefficient (Wildman–Crippen LogP) is 2.24. The number of nitrogens with one attached hydrogen (secondary N) is 1. The number of hydrogen-bond acceptors (Lipinski definition) is 5. The van der Waals surface area contributed by atoms with Crippen LogP contribution >= 0.6 is 0 Å². The number of benzene rings is 1. The first-order chi connectivity index (χ1) is 9.81. The fraction of sp³-hybridized carbons (Fsp3) is 0.333. The van der Waals surface area contributed by atoms with E-state index < -0.39 is 0 Å². The van der Waals surface area contributed by atoms with Crippen LogP contribution in [0, 0.1) is 6.92 Å². The molecule has 0 radical (unpaired) electrons. The molecule has 0 saturated carbocycles. The van der Waals surface area contributed by atoms with Crippen LogP contribution < -0.4 is 10.1 Å². The molecule has 0 unspecified atom stereocenters. The van der Waals surface area contributed by atoms with E-state index in [1.54, 1.807) is 12.3 Å². The molecule has 5 heteroatoms. The lowest BCUT2D eigenvalue weighted by atomic mass is 10.1. The molecule has 2 aromatic rings. The maximum Gasteiger partial charge on any atom is 0.222 e. The Kier molecular flexibility index (Phi) is 3.90. The van der Waals surface area contributed by atoms with Crippen LogP contribution in [-0.4, -0.2) is 29.7 Å². The lowest BCUT2D eigenvalue weighted by Crippen LogP contribution is -2.33. The molecule has 0 amide bonds. The summed E-state index contributed by atoms with van der Waals surface area (Å²) >= 11 is 0. The number of morpholine rings is 1. The van der Waals surface area contributed by atoms with Crippen molar-refractivity contribution in [2.75, 3.05) is 19.7 Å². The van der Waals surface area contributed by atoms with Crippen LogP contribution in [0.5, 0.6) is 11.6 Å². The number of ether oxygens (including phenoxy) is 2. The van der Waals surface area contributed by atoms with Gasteiger partial charge in [-0.2, -0.15) is 4.98 Å². The Bertz CT molecular complexity index is 583. The normalized spacial score (nSPS) is 18.8. The summed E-state index contributed by atoms with van der Waals surface area (Å²) in [7, 11) is 0. The number of rotatable bonds is 3. The van der Waals surface area contributed by atoms with Crippen LogP contribution in [0.1, 0.15) is 17.5 Å². The van der Waals surface area contributed by atoms with Crippen molar-refractivity contribution in [2.45, 2.75) is 13.0 Å². The van der Waals surface area contributed by atoms with E-state index in [-0.39, 0.29) is 6.10 Å². The van der Waals surface area contributed by atoms with Gasteiger partial charge in [-0.1, -0.05) is 12.1 Å². The maximum atomic E-state index is 5.76. The third-order valence-electron chi connectivity index (χ3n) is 3.13. The molecule has 0 bridgehead atoms. The topological polar surface area (TPSA) is 56.3 Å². The van der Waals surface area contributed by atoms with E-state index >= 15 is 0 Å². The molecule has 0 spiro atoms. The Morgan fingerprint density at radius 2 is 2.30 bits per heavy atom. The number of nitrogens with zero attached hydrogens (tertiary/aromatic N) is 2. The molecule has 1 N–H and O–H groups in total. The standard InChI is InChI=1S/C15H17N3O2/c1-11-17-6-5-15(18-11)20-13-4-2-3-12(9-13)14-10-16-7-8-19-14/h2-6,9,14,16H,7-8,10H2,1H3/t14-/m0/s1. The van der Waals surface area contributed by atoms with Crippen molar-refractivity contribution in [3.8, 4) is 11.6 Å². The Balaban J connectivity index is 1.77. The van der Waals surface area contributed by atoms with Crippen LogP contribution in [0.2, 0.25) is 0 Å². The van der Waals surface area contributed by atoms with Crippen molar-refractivity contribution in [3.05, 3.63) is 47.9 Å².